The van der Waals surface area contributed by atoms with E-state index in [-0.39, 0.29) is 24.6 Å². The Morgan fingerprint density at radius 2 is 2.19 bits per heavy atom. The van der Waals surface area contributed by atoms with E-state index in [2.05, 4.69) is 4.98 Å². The molecule has 2 aromatic rings. The van der Waals surface area contributed by atoms with Crippen LogP contribution >= 0.6 is 0 Å². The second kappa shape index (κ2) is 5.24. The minimum atomic E-state index is -0.997. The summed E-state index contributed by atoms with van der Waals surface area (Å²) in [5.41, 5.74) is 0.913. The Hall–Kier alpha value is -2.89. The van der Waals surface area contributed by atoms with Crippen molar-refractivity contribution in [1.82, 2.24) is 4.98 Å². The first-order valence-corrected chi connectivity index (χ1v) is 6.35. The van der Waals surface area contributed by atoms with Crippen LogP contribution in [0.3, 0.4) is 0 Å². The van der Waals surface area contributed by atoms with Crippen molar-refractivity contribution in [1.29, 1.82) is 0 Å². The molecule has 0 fully saturated rings. The molecular formula is C15H12N2O4. The monoisotopic (exact) mass is 284 g/mol. The summed E-state index contributed by atoms with van der Waals surface area (Å²) in [5.74, 6) is -0.202. The third-order valence-corrected chi connectivity index (χ3v) is 3.17. The van der Waals surface area contributed by atoms with E-state index in [1.54, 1.807) is 36.5 Å². The van der Waals surface area contributed by atoms with Gasteiger partial charge in [-0.15, -0.1) is 0 Å². The molecule has 6 nitrogen and oxygen atoms in total. The van der Waals surface area contributed by atoms with Gasteiger partial charge in [-0.25, -0.2) is 9.78 Å². The molecule has 0 unspecified atom stereocenters. The van der Waals surface area contributed by atoms with E-state index in [1.807, 2.05) is 0 Å². The van der Waals surface area contributed by atoms with Crippen molar-refractivity contribution < 1.29 is 19.4 Å². The molecule has 0 aliphatic carbocycles. The summed E-state index contributed by atoms with van der Waals surface area (Å²) in [4.78, 5) is 28.7. The quantitative estimate of drug-likeness (QED) is 0.928. The van der Waals surface area contributed by atoms with Crippen LogP contribution in [0.2, 0.25) is 0 Å². The zero-order valence-corrected chi connectivity index (χ0v) is 11.0. The van der Waals surface area contributed by atoms with Crippen molar-refractivity contribution in [2.24, 2.45) is 0 Å². The largest absolute Gasteiger partial charge is 0.480 e. The molecule has 0 atom stereocenters. The molecule has 0 saturated heterocycles. The van der Waals surface area contributed by atoms with Gasteiger partial charge in [-0.3, -0.25) is 9.69 Å². The molecule has 1 N–H and O–H groups in total. The molecule has 1 aliphatic heterocycles. The number of hydrogen-bond acceptors (Lipinski definition) is 4. The summed E-state index contributed by atoms with van der Waals surface area (Å²) in [7, 11) is 0. The summed E-state index contributed by atoms with van der Waals surface area (Å²) in [6.07, 6.45) is 1.58. The first-order chi connectivity index (χ1) is 10.1. The highest BCUT2D eigenvalue weighted by Gasteiger charge is 2.26. The lowest BCUT2D eigenvalue weighted by atomic mass is 10.1. The van der Waals surface area contributed by atoms with E-state index in [0.717, 1.165) is 5.56 Å². The number of aromatic carboxylic acids is 1. The first kappa shape index (κ1) is 13.1. The average Bonchev–Trinajstić information content (AvgIpc) is 2.50. The van der Waals surface area contributed by atoms with Crippen LogP contribution in [0.15, 0.2) is 42.6 Å². The summed E-state index contributed by atoms with van der Waals surface area (Å²) < 4.78 is 5.32. The number of carbonyl (C=O) groups excluding carboxylic acids is 1. The Morgan fingerprint density at radius 3 is 3.00 bits per heavy atom. The van der Waals surface area contributed by atoms with Crippen molar-refractivity contribution in [3.8, 4) is 5.75 Å². The standard InChI is InChI=1S/C15H12N2O4/c18-13-9-21-12-5-2-6-16-14(12)17(13)8-10-3-1-4-11(7-10)15(19)20/h1-7H,8-9H2,(H,19,20). The van der Waals surface area contributed by atoms with Gasteiger partial charge in [0, 0.05) is 6.20 Å². The van der Waals surface area contributed by atoms with Crippen LogP contribution in [0, 0.1) is 0 Å². The number of carboxylic acid groups (broad SMARTS) is 1. The van der Waals surface area contributed by atoms with Crippen LogP contribution in [0.4, 0.5) is 5.82 Å². The van der Waals surface area contributed by atoms with E-state index < -0.39 is 5.97 Å². The molecular weight excluding hydrogens is 272 g/mol. The number of pyridine rings is 1. The first-order valence-electron chi connectivity index (χ1n) is 6.35. The van der Waals surface area contributed by atoms with Gasteiger partial charge in [-0.1, -0.05) is 12.1 Å². The van der Waals surface area contributed by atoms with Crippen molar-refractivity contribution in [2.75, 3.05) is 11.5 Å². The van der Waals surface area contributed by atoms with Crippen LogP contribution in [0.5, 0.6) is 5.75 Å². The second-order valence-corrected chi connectivity index (χ2v) is 4.60. The fourth-order valence-electron chi connectivity index (χ4n) is 2.18. The maximum atomic E-state index is 12.0. The Labute approximate surface area is 120 Å². The van der Waals surface area contributed by atoms with Crippen LogP contribution in [-0.2, 0) is 11.3 Å². The van der Waals surface area contributed by atoms with Gasteiger partial charge in [-0.05, 0) is 29.8 Å². The van der Waals surface area contributed by atoms with Crippen LogP contribution in [0.1, 0.15) is 15.9 Å². The highest BCUT2D eigenvalue weighted by atomic mass is 16.5. The Balaban J connectivity index is 1.92. The minimum Gasteiger partial charge on any atom is -0.480 e. The lowest BCUT2D eigenvalue weighted by molar-refractivity contribution is -0.121. The zero-order chi connectivity index (χ0) is 14.8. The summed E-state index contributed by atoms with van der Waals surface area (Å²) in [6.45, 7) is 0.213. The van der Waals surface area contributed by atoms with Crippen molar-refractivity contribution in [3.63, 3.8) is 0 Å². The van der Waals surface area contributed by atoms with Gasteiger partial charge in [0.2, 0.25) is 0 Å². The Kier molecular flexibility index (Phi) is 3.27. The molecule has 0 radical (unpaired) electrons. The van der Waals surface area contributed by atoms with Gasteiger partial charge in [0.25, 0.3) is 5.91 Å². The van der Waals surface area contributed by atoms with Gasteiger partial charge in [-0.2, -0.15) is 0 Å². The van der Waals surface area contributed by atoms with Crippen molar-refractivity contribution >= 4 is 17.7 Å². The van der Waals surface area contributed by atoms with Crippen LogP contribution in [-0.4, -0.2) is 28.6 Å². The molecule has 0 saturated carbocycles. The third kappa shape index (κ3) is 2.55. The van der Waals surface area contributed by atoms with E-state index in [1.165, 1.54) is 11.0 Å². The maximum absolute atomic E-state index is 12.0. The molecule has 1 amide bonds. The lowest BCUT2D eigenvalue weighted by Gasteiger charge is -2.28. The maximum Gasteiger partial charge on any atom is 0.335 e. The Morgan fingerprint density at radius 1 is 1.33 bits per heavy atom. The average molecular weight is 284 g/mol. The van der Waals surface area contributed by atoms with Crippen molar-refractivity contribution in [2.45, 2.75) is 6.54 Å². The van der Waals surface area contributed by atoms with Gasteiger partial charge in [0.15, 0.2) is 18.2 Å². The number of ether oxygens (including phenoxy) is 1. The molecule has 0 bridgehead atoms. The highest BCUT2D eigenvalue weighted by molar-refractivity contribution is 5.96. The third-order valence-electron chi connectivity index (χ3n) is 3.17. The summed E-state index contributed by atoms with van der Waals surface area (Å²) in [6, 6.07) is 9.97. The van der Waals surface area contributed by atoms with E-state index in [0.29, 0.717) is 11.6 Å². The number of carboxylic acids is 1. The number of amides is 1. The SMILES string of the molecule is O=C(O)c1cccc(CN2C(=O)COc3cccnc32)c1. The number of fused-ring (bicyclic) bond motifs is 1. The second-order valence-electron chi connectivity index (χ2n) is 4.60. The molecule has 106 valence electrons. The van der Waals surface area contributed by atoms with Gasteiger partial charge < -0.3 is 9.84 Å². The minimum absolute atomic E-state index is 0.0443. The molecule has 2 heterocycles. The molecule has 1 aliphatic rings. The van der Waals surface area contributed by atoms with E-state index in [9.17, 15) is 9.59 Å². The molecule has 21 heavy (non-hydrogen) atoms. The number of benzene rings is 1. The predicted molar refractivity (Wildman–Crippen MR) is 74.3 cm³/mol. The van der Waals surface area contributed by atoms with Crippen molar-refractivity contribution in [3.05, 3.63) is 53.7 Å². The van der Waals surface area contributed by atoms with E-state index >= 15 is 0 Å². The number of aromatic nitrogens is 1. The molecule has 1 aromatic heterocycles. The van der Waals surface area contributed by atoms with Gasteiger partial charge in [0.1, 0.15) is 0 Å². The fraction of sp³-hybridized carbons (Fsp3) is 0.133. The molecule has 0 spiro atoms. The number of carbonyl (C=O) groups is 2. The van der Waals surface area contributed by atoms with Crippen LogP contribution < -0.4 is 9.64 Å². The number of nitrogens with zero attached hydrogens (tertiary/aromatic N) is 2. The molecule has 1 aromatic carbocycles. The van der Waals surface area contributed by atoms with E-state index in [4.69, 9.17) is 9.84 Å². The zero-order valence-electron chi connectivity index (χ0n) is 11.0. The molecule has 3 rings (SSSR count). The normalized spacial score (nSPS) is 13.5. The van der Waals surface area contributed by atoms with Gasteiger partial charge in [0.05, 0.1) is 12.1 Å². The number of anilines is 1. The highest BCUT2D eigenvalue weighted by Crippen LogP contribution is 2.30. The predicted octanol–water partition coefficient (Wildman–Crippen LogP) is 1.71. The Bertz CT molecular complexity index is 714. The van der Waals surface area contributed by atoms with Gasteiger partial charge >= 0.3 is 5.97 Å². The van der Waals surface area contributed by atoms with Crippen LogP contribution in [0.25, 0.3) is 0 Å². The summed E-state index contributed by atoms with van der Waals surface area (Å²) in [5, 5.41) is 9.01. The summed E-state index contributed by atoms with van der Waals surface area (Å²) >= 11 is 0. The smallest absolute Gasteiger partial charge is 0.335 e. The fourth-order valence-corrected chi connectivity index (χ4v) is 2.18. The molecule has 6 heteroatoms. The lowest BCUT2D eigenvalue weighted by Crippen LogP contribution is -2.38. The number of hydrogen-bond donors (Lipinski definition) is 1. The number of rotatable bonds is 3. The topological polar surface area (TPSA) is 79.7 Å².